The lowest BCUT2D eigenvalue weighted by Crippen LogP contribution is -2.27. The molecule has 0 aliphatic rings. The SMILES string of the molecule is C#CCNC(=O)Cn1cc(CO)c2ccc(Cl)cc21. The van der Waals surface area contributed by atoms with Crippen molar-refractivity contribution < 1.29 is 9.90 Å². The third-order valence-corrected chi connectivity index (χ3v) is 3.03. The van der Waals surface area contributed by atoms with Gasteiger partial charge in [0, 0.05) is 22.2 Å². The zero-order chi connectivity index (χ0) is 13.8. The summed E-state index contributed by atoms with van der Waals surface area (Å²) in [7, 11) is 0. The number of halogens is 1. The summed E-state index contributed by atoms with van der Waals surface area (Å²) in [5.41, 5.74) is 1.57. The average molecular weight is 277 g/mol. The third-order valence-electron chi connectivity index (χ3n) is 2.80. The van der Waals surface area contributed by atoms with Gasteiger partial charge in [0.05, 0.1) is 18.7 Å². The summed E-state index contributed by atoms with van der Waals surface area (Å²) in [5, 5.41) is 13.4. The van der Waals surface area contributed by atoms with Crippen molar-refractivity contribution in [2.24, 2.45) is 0 Å². The van der Waals surface area contributed by atoms with Crippen LogP contribution in [0.3, 0.4) is 0 Å². The number of fused-ring (bicyclic) bond motifs is 1. The minimum atomic E-state index is -0.181. The number of hydrogen-bond donors (Lipinski definition) is 2. The molecule has 0 spiro atoms. The van der Waals surface area contributed by atoms with Gasteiger partial charge in [-0.1, -0.05) is 23.6 Å². The molecule has 0 fully saturated rings. The molecule has 0 saturated carbocycles. The number of rotatable bonds is 4. The van der Waals surface area contributed by atoms with Crippen molar-refractivity contribution in [1.82, 2.24) is 9.88 Å². The first-order chi connectivity index (χ1) is 9.15. The van der Waals surface area contributed by atoms with Crippen LogP contribution in [0.1, 0.15) is 5.56 Å². The minimum absolute atomic E-state index is 0.0862. The summed E-state index contributed by atoms with van der Waals surface area (Å²) in [4.78, 5) is 11.7. The number of carbonyl (C=O) groups excluding carboxylic acids is 1. The van der Waals surface area contributed by atoms with Crippen molar-refractivity contribution in [3.05, 3.63) is 35.0 Å². The summed E-state index contributed by atoms with van der Waals surface area (Å²) in [6.07, 6.45) is 6.83. The Bertz CT molecular complexity index is 655. The molecule has 2 rings (SSSR count). The molecule has 0 unspecified atom stereocenters. The van der Waals surface area contributed by atoms with Gasteiger partial charge in [-0.3, -0.25) is 4.79 Å². The lowest BCUT2D eigenvalue weighted by Gasteiger charge is -2.05. The van der Waals surface area contributed by atoms with Crippen LogP contribution in [-0.4, -0.2) is 22.1 Å². The summed E-state index contributed by atoms with van der Waals surface area (Å²) in [6, 6.07) is 5.36. The van der Waals surface area contributed by atoms with Gasteiger partial charge in [0.2, 0.25) is 5.91 Å². The van der Waals surface area contributed by atoms with E-state index in [1.807, 2.05) is 6.07 Å². The molecule has 98 valence electrons. The fraction of sp³-hybridized carbons (Fsp3) is 0.214. The molecule has 0 atom stereocenters. The van der Waals surface area contributed by atoms with E-state index in [0.717, 1.165) is 16.5 Å². The molecule has 19 heavy (non-hydrogen) atoms. The second-order valence-electron chi connectivity index (χ2n) is 4.08. The van der Waals surface area contributed by atoms with E-state index >= 15 is 0 Å². The van der Waals surface area contributed by atoms with Gasteiger partial charge in [-0.05, 0) is 12.1 Å². The molecule has 4 nitrogen and oxygen atoms in total. The zero-order valence-electron chi connectivity index (χ0n) is 10.2. The van der Waals surface area contributed by atoms with Crippen LogP contribution in [0.15, 0.2) is 24.4 Å². The standard InChI is InChI=1S/C14H13ClN2O2/c1-2-5-16-14(19)8-17-7-10(9-18)12-4-3-11(15)6-13(12)17/h1,3-4,6-7,18H,5,8-9H2,(H,16,19). The van der Waals surface area contributed by atoms with Crippen molar-refractivity contribution in [3.8, 4) is 12.3 Å². The summed E-state index contributed by atoms with van der Waals surface area (Å²) < 4.78 is 1.75. The first kappa shape index (κ1) is 13.5. The fourth-order valence-corrected chi connectivity index (χ4v) is 2.12. The van der Waals surface area contributed by atoms with Crippen LogP contribution in [0.2, 0.25) is 5.02 Å². The molecule has 0 saturated heterocycles. The molecule has 1 aromatic heterocycles. The Morgan fingerprint density at radius 1 is 1.53 bits per heavy atom. The quantitative estimate of drug-likeness (QED) is 0.833. The van der Waals surface area contributed by atoms with Crippen molar-refractivity contribution in [1.29, 1.82) is 0 Å². The largest absolute Gasteiger partial charge is 0.392 e. The average Bonchev–Trinajstić information content (AvgIpc) is 2.74. The van der Waals surface area contributed by atoms with Crippen LogP contribution < -0.4 is 5.32 Å². The van der Waals surface area contributed by atoms with Crippen LogP contribution in [0.4, 0.5) is 0 Å². The van der Waals surface area contributed by atoms with Crippen molar-refractivity contribution in [2.75, 3.05) is 6.54 Å². The van der Waals surface area contributed by atoms with Crippen molar-refractivity contribution >= 4 is 28.4 Å². The molecule has 0 aliphatic heterocycles. The van der Waals surface area contributed by atoms with Crippen LogP contribution in [0.5, 0.6) is 0 Å². The lowest BCUT2D eigenvalue weighted by molar-refractivity contribution is -0.121. The Morgan fingerprint density at radius 3 is 3.00 bits per heavy atom. The monoisotopic (exact) mass is 276 g/mol. The van der Waals surface area contributed by atoms with Gasteiger partial charge in [-0.15, -0.1) is 6.42 Å². The summed E-state index contributed by atoms with van der Waals surface area (Å²) in [6.45, 7) is 0.251. The van der Waals surface area contributed by atoms with Gasteiger partial charge in [0.15, 0.2) is 0 Å². The Labute approximate surface area is 116 Å². The highest BCUT2D eigenvalue weighted by molar-refractivity contribution is 6.31. The number of aliphatic hydroxyl groups excluding tert-OH is 1. The number of terminal acetylenes is 1. The molecule has 1 aromatic carbocycles. The van der Waals surface area contributed by atoms with Gasteiger partial charge in [-0.25, -0.2) is 0 Å². The molecule has 0 bridgehead atoms. The number of benzene rings is 1. The Kier molecular flexibility index (Phi) is 4.10. The maximum absolute atomic E-state index is 11.7. The number of aliphatic hydroxyl groups is 1. The highest BCUT2D eigenvalue weighted by Crippen LogP contribution is 2.24. The first-order valence-electron chi connectivity index (χ1n) is 5.74. The number of aromatic nitrogens is 1. The van der Waals surface area contributed by atoms with E-state index in [9.17, 15) is 9.90 Å². The van der Waals surface area contributed by atoms with E-state index in [1.54, 1.807) is 22.9 Å². The van der Waals surface area contributed by atoms with Gasteiger partial charge < -0.3 is 15.0 Å². The topological polar surface area (TPSA) is 54.3 Å². The third kappa shape index (κ3) is 2.90. The van der Waals surface area contributed by atoms with Gasteiger partial charge in [0.25, 0.3) is 0 Å². The number of nitrogens with one attached hydrogen (secondary N) is 1. The van der Waals surface area contributed by atoms with Crippen molar-refractivity contribution in [2.45, 2.75) is 13.2 Å². The predicted octanol–water partition coefficient (Wildman–Crippen LogP) is 1.54. The van der Waals surface area contributed by atoms with Crippen LogP contribution in [-0.2, 0) is 17.9 Å². The molecular weight excluding hydrogens is 264 g/mol. The maximum Gasteiger partial charge on any atom is 0.240 e. The molecule has 2 aromatic rings. The van der Waals surface area contributed by atoms with E-state index in [2.05, 4.69) is 11.2 Å². The molecule has 0 aliphatic carbocycles. The maximum atomic E-state index is 11.7. The van der Waals surface area contributed by atoms with Crippen molar-refractivity contribution in [3.63, 3.8) is 0 Å². The molecule has 5 heteroatoms. The summed E-state index contributed by atoms with van der Waals surface area (Å²) >= 11 is 5.96. The van der Waals surface area contributed by atoms with Gasteiger partial charge in [-0.2, -0.15) is 0 Å². The number of hydrogen-bond acceptors (Lipinski definition) is 2. The number of amides is 1. The first-order valence-corrected chi connectivity index (χ1v) is 6.11. The lowest BCUT2D eigenvalue weighted by atomic mass is 10.2. The van der Waals surface area contributed by atoms with E-state index in [1.165, 1.54) is 0 Å². The van der Waals surface area contributed by atoms with Crippen LogP contribution in [0.25, 0.3) is 10.9 Å². The minimum Gasteiger partial charge on any atom is -0.392 e. The van der Waals surface area contributed by atoms with E-state index in [-0.39, 0.29) is 25.6 Å². The highest BCUT2D eigenvalue weighted by Gasteiger charge is 2.10. The highest BCUT2D eigenvalue weighted by atomic mass is 35.5. The smallest absolute Gasteiger partial charge is 0.240 e. The molecule has 1 amide bonds. The summed E-state index contributed by atoms with van der Waals surface area (Å²) in [5.74, 6) is 2.16. The van der Waals surface area contributed by atoms with E-state index < -0.39 is 0 Å². The molecular formula is C14H13ClN2O2. The Morgan fingerprint density at radius 2 is 2.32 bits per heavy atom. The van der Waals surface area contributed by atoms with Gasteiger partial charge >= 0.3 is 0 Å². The normalized spacial score (nSPS) is 10.4. The van der Waals surface area contributed by atoms with Crippen LogP contribution in [0, 0.1) is 12.3 Å². The Balaban J connectivity index is 2.35. The Hall–Kier alpha value is -1.96. The zero-order valence-corrected chi connectivity index (χ0v) is 10.9. The molecule has 0 radical (unpaired) electrons. The number of carbonyl (C=O) groups is 1. The van der Waals surface area contributed by atoms with E-state index in [0.29, 0.717) is 5.02 Å². The molecule has 2 N–H and O–H groups in total. The second kappa shape index (κ2) is 5.79. The van der Waals surface area contributed by atoms with Crippen LogP contribution >= 0.6 is 11.6 Å². The fourth-order valence-electron chi connectivity index (χ4n) is 1.96. The van der Waals surface area contributed by atoms with Gasteiger partial charge in [0.1, 0.15) is 6.54 Å². The second-order valence-corrected chi connectivity index (χ2v) is 4.52. The van der Waals surface area contributed by atoms with E-state index in [4.69, 9.17) is 18.0 Å². The predicted molar refractivity (Wildman–Crippen MR) is 74.7 cm³/mol. The number of nitrogens with zero attached hydrogens (tertiary/aromatic N) is 1. The molecule has 1 heterocycles.